The second kappa shape index (κ2) is 17.4. The van der Waals surface area contributed by atoms with Gasteiger partial charge in [-0.1, -0.05) is 103 Å². The minimum absolute atomic E-state index is 0.0932. The Labute approximate surface area is 325 Å². The third-order valence-electron chi connectivity index (χ3n) is 8.96. The molecule has 10 heteroatoms. The molecule has 2 aromatic heterocycles. The summed E-state index contributed by atoms with van der Waals surface area (Å²) in [4.78, 5) is 21.0. The van der Waals surface area contributed by atoms with Crippen molar-refractivity contribution in [1.82, 2.24) is 9.71 Å². The molecular formula is C45H39N3O5S2. The molecule has 0 fully saturated rings. The predicted octanol–water partition coefficient (Wildman–Crippen LogP) is 9.60. The van der Waals surface area contributed by atoms with Gasteiger partial charge in [0.15, 0.2) is 0 Å². The molecular weight excluding hydrogens is 727 g/mol. The molecule has 2 heterocycles. The number of hydrogen-bond acceptors (Lipinski definition) is 7. The average molecular weight is 766 g/mol. The first-order valence-electron chi connectivity index (χ1n) is 17.7. The van der Waals surface area contributed by atoms with E-state index in [0.717, 1.165) is 27.8 Å². The molecule has 0 saturated heterocycles. The van der Waals surface area contributed by atoms with Gasteiger partial charge in [-0.25, -0.2) is 13.1 Å². The number of pyridine rings is 1. The molecule has 0 spiro atoms. The van der Waals surface area contributed by atoms with E-state index in [9.17, 15) is 13.2 Å². The van der Waals surface area contributed by atoms with Crippen molar-refractivity contribution < 1.29 is 22.7 Å². The lowest BCUT2D eigenvalue weighted by Crippen LogP contribution is -2.30. The molecule has 0 bridgehead atoms. The van der Waals surface area contributed by atoms with Gasteiger partial charge < -0.3 is 14.4 Å². The zero-order valence-corrected chi connectivity index (χ0v) is 31.8. The van der Waals surface area contributed by atoms with Gasteiger partial charge in [0.05, 0.1) is 17.8 Å². The molecule has 0 aliphatic heterocycles. The van der Waals surface area contributed by atoms with Crippen LogP contribution in [0.4, 0.5) is 5.69 Å². The number of hydrogen-bond donors (Lipinski definition) is 1. The van der Waals surface area contributed by atoms with E-state index in [0.29, 0.717) is 47.2 Å². The maximum absolute atomic E-state index is 14.6. The molecule has 0 aliphatic rings. The highest BCUT2D eigenvalue weighted by Gasteiger charge is 2.24. The molecule has 276 valence electrons. The minimum Gasteiger partial charge on any atom is -0.489 e. The lowest BCUT2D eigenvalue weighted by molar-refractivity contribution is 0.0980. The predicted molar refractivity (Wildman–Crippen MR) is 218 cm³/mol. The van der Waals surface area contributed by atoms with Crippen LogP contribution < -0.4 is 19.1 Å². The van der Waals surface area contributed by atoms with E-state index < -0.39 is 10.0 Å². The van der Waals surface area contributed by atoms with Crippen molar-refractivity contribution in [3.8, 4) is 22.8 Å². The summed E-state index contributed by atoms with van der Waals surface area (Å²) < 4.78 is 41.3. The SMILES string of the molecule is Cc1cc(S(=O)(=O)NCc2ccccc2)cnc1-c1ccc(N(Cc2ccsc2)C(=O)c2ccc(OCc3ccccc3)cc2OCc2ccccc2)cc1. The summed E-state index contributed by atoms with van der Waals surface area (Å²) >= 11 is 1.57. The second-order valence-electron chi connectivity index (χ2n) is 12.9. The van der Waals surface area contributed by atoms with Crippen LogP contribution in [0.5, 0.6) is 11.5 Å². The van der Waals surface area contributed by atoms with Gasteiger partial charge in [0, 0.05) is 30.1 Å². The monoisotopic (exact) mass is 765 g/mol. The van der Waals surface area contributed by atoms with E-state index in [2.05, 4.69) is 9.71 Å². The number of thiophene rings is 1. The first-order valence-corrected chi connectivity index (χ1v) is 20.2. The van der Waals surface area contributed by atoms with Gasteiger partial charge in [-0.05, 0) is 81.9 Å². The zero-order valence-electron chi connectivity index (χ0n) is 30.2. The Morgan fingerprint density at radius 3 is 1.98 bits per heavy atom. The molecule has 7 rings (SSSR count). The molecule has 55 heavy (non-hydrogen) atoms. The zero-order chi connectivity index (χ0) is 38.0. The van der Waals surface area contributed by atoms with Crippen molar-refractivity contribution in [3.05, 3.63) is 196 Å². The molecule has 1 N–H and O–H groups in total. The van der Waals surface area contributed by atoms with E-state index in [1.165, 1.54) is 6.20 Å². The molecule has 8 nitrogen and oxygen atoms in total. The van der Waals surface area contributed by atoms with E-state index in [4.69, 9.17) is 9.47 Å². The van der Waals surface area contributed by atoms with Crippen molar-refractivity contribution in [2.24, 2.45) is 0 Å². The van der Waals surface area contributed by atoms with E-state index in [1.54, 1.807) is 40.5 Å². The number of nitrogens with one attached hydrogen (secondary N) is 1. The summed E-state index contributed by atoms with van der Waals surface area (Å²) in [6.07, 6.45) is 1.38. The molecule has 0 aliphatic carbocycles. The third kappa shape index (κ3) is 9.54. The van der Waals surface area contributed by atoms with Crippen LogP contribution in [0.2, 0.25) is 0 Å². The Morgan fingerprint density at radius 1 is 0.727 bits per heavy atom. The number of anilines is 1. The van der Waals surface area contributed by atoms with Crippen LogP contribution in [0, 0.1) is 6.92 Å². The summed E-state index contributed by atoms with van der Waals surface area (Å²) in [6, 6.07) is 45.6. The van der Waals surface area contributed by atoms with Crippen LogP contribution in [0.1, 0.15) is 38.2 Å². The number of benzene rings is 5. The maximum atomic E-state index is 14.6. The molecule has 5 aromatic carbocycles. The van der Waals surface area contributed by atoms with Crippen molar-refractivity contribution in [3.63, 3.8) is 0 Å². The lowest BCUT2D eigenvalue weighted by Gasteiger charge is -2.24. The Kier molecular flexibility index (Phi) is 11.8. The Bertz CT molecular complexity index is 2440. The summed E-state index contributed by atoms with van der Waals surface area (Å²) in [7, 11) is -3.78. The van der Waals surface area contributed by atoms with E-state index in [1.807, 2.05) is 139 Å². The van der Waals surface area contributed by atoms with Gasteiger partial charge in [0.1, 0.15) is 29.6 Å². The molecule has 0 atom stereocenters. The Morgan fingerprint density at radius 2 is 1.36 bits per heavy atom. The van der Waals surface area contributed by atoms with E-state index >= 15 is 0 Å². The summed E-state index contributed by atoms with van der Waals surface area (Å²) in [5.41, 5.74) is 7.08. The molecule has 7 aromatic rings. The van der Waals surface area contributed by atoms with Gasteiger partial charge in [0.25, 0.3) is 5.91 Å². The fourth-order valence-corrected chi connectivity index (χ4v) is 7.72. The first-order chi connectivity index (χ1) is 26.8. The van der Waals surface area contributed by atoms with Crippen LogP contribution >= 0.6 is 11.3 Å². The van der Waals surface area contributed by atoms with Crippen molar-refractivity contribution in [2.75, 3.05) is 4.90 Å². The lowest BCUT2D eigenvalue weighted by atomic mass is 10.1. The highest BCUT2D eigenvalue weighted by Crippen LogP contribution is 2.32. The summed E-state index contributed by atoms with van der Waals surface area (Å²) in [5.74, 6) is 0.772. The van der Waals surface area contributed by atoms with Gasteiger partial charge in [-0.3, -0.25) is 9.78 Å². The number of carbonyl (C=O) groups excluding carboxylic acids is 1. The fraction of sp³-hybridized carbons (Fsp3) is 0.111. The number of nitrogens with zero attached hydrogens (tertiary/aromatic N) is 2. The molecule has 1 amide bonds. The van der Waals surface area contributed by atoms with Gasteiger partial charge in [-0.15, -0.1) is 0 Å². The van der Waals surface area contributed by atoms with Crippen molar-refractivity contribution in [2.45, 2.75) is 38.1 Å². The number of carbonyl (C=O) groups is 1. The quantitative estimate of drug-likeness (QED) is 0.112. The van der Waals surface area contributed by atoms with Crippen LogP contribution in [-0.4, -0.2) is 19.3 Å². The number of aryl methyl sites for hydroxylation is 1. The largest absolute Gasteiger partial charge is 0.489 e. The number of aromatic nitrogens is 1. The van der Waals surface area contributed by atoms with Gasteiger partial charge in [0.2, 0.25) is 10.0 Å². The normalized spacial score (nSPS) is 11.2. The van der Waals surface area contributed by atoms with Crippen LogP contribution in [0.25, 0.3) is 11.3 Å². The highest BCUT2D eigenvalue weighted by molar-refractivity contribution is 7.89. The Hall–Kier alpha value is -6.07. The van der Waals surface area contributed by atoms with Crippen LogP contribution in [-0.2, 0) is 36.3 Å². The summed E-state index contributed by atoms with van der Waals surface area (Å²) in [6.45, 7) is 3.01. The fourth-order valence-electron chi connectivity index (χ4n) is 6.01. The molecule has 0 unspecified atom stereocenters. The standard InChI is InChI=1S/C45H39N3O5S2/c1-33-25-41(55(50,51)47-27-34-11-5-2-6-12-34)28-46-44(33)38-17-19-39(20-18-38)48(29-37-23-24-54-32-37)45(49)42-22-21-40(52-30-35-13-7-3-8-14-35)26-43(42)53-31-36-15-9-4-10-16-36/h2-26,28,32,47H,27,29-31H2,1H3. The number of sulfonamides is 1. The molecule has 0 saturated carbocycles. The van der Waals surface area contributed by atoms with Crippen LogP contribution in [0.15, 0.2) is 167 Å². The van der Waals surface area contributed by atoms with Gasteiger partial charge in [-0.2, -0.15) is 11.3 Å². The Balaban J connectivity index is 1.15. The minimum atomic E-state index is -3.78. The van der Waals surface area contributed by atoms with Gasteiger partial charge >= 0.3 is 0 Å². The van der Waals surface area contributed by atoms with E-state index in [-0.39, 0.29) is 24.0 Å². The van der Waals surface area contributed by atoms with Crippen molar-refractivity contribution in [1.29, 1.82) is 0 Å². The second-order valence-corrected chi connectivity index (χ2v) is 15.5. The number of amides is 1. The number of ether oxygens (including phenoxy) is 2. The topological polar surface area (TPSA) is 97.8 Å². The smallest absolute Gasteiger partial charge is 0.262 e. The summed E-state index contributed by atoms with van der Waals surface area (Å²) in [5, 5.41) is 4.02. The maximum Gasteiger partial charge on any atom is 0.262 e. The van der Waals surface area contributed by atoms with Crippen LogP contribution in [0.3, 0.4) is 0 Å². The molecule has 0 radical (unpaired) electrons. The third-order valence-corrected chi connectivity index (χ3v) is 11.1. The first kappa shape index (κ1) is 37.3. The average Bonchev–Trinajstić information content (AvgIpc) is 3.75. The number of rotatable bonds is 15. The van der Waals surface area contributed by atoms with Crippen molar-refractivity contribution >= 4 is 33.0 Å². The highest BCUT2D eigenvalue weighted by atomic mass is 32.2.